The molecule has 2 rings (SSSR count). The zero-order valence-electron chi connectivity index (χ0n) is 13.0. The molecule has 0 saturated heterocycles. The van der Waals surface area contributed by atoms with Gasteiger partial charge in [-0.3, -0.25) is 10.00 Å². The van der Waals surface area contributed by atoms with Crippen LogP contribution in [0.15, 0.2) is 6.20 Å². The van der Waals surface area contributed by atoms with E-state index in [0.29, 0.717) is 18.0 Å². The summed E-state index contributed by atoms with van der Waals surface area (Å²) in [7, 11) is 0. The first-order valence-electron chi connectivity index (χ1n) is 7.71. The maximum absolute atomic E-state index is 11.9. The number of nitriles is 1. The summed E-state index contributed by atoms with van der Waals surface area (Å²) in [6, 6.07) is 1.78. The number of aromatic nitrogens is 2. The van der Waals surface area contributed by atoms with Crippen molar-refractivity contribution in [3.8, 4) is 6.07 Å². The van der Waals surface area contributed by atoms with E-state index < -0.39 is 0 Å². The van der Waals surface area contributed by atoms with Gasteiger partial charge in [-0.05, 0) is 39.0 Å². The number of nitrogens with one attached hydrogen (secondary N) is 2. The fourth-order valence-corrected chi connectivity index (χ4v) is 2.67. The highest BCUT2D eigenvalue weighted by Gasteiger charge is 2.21. The van der Waals surface area contributed by atoms with E-state index in [2.05, 4.69) is 15.7 Å². The van der Waals surface area contributed by atoms with E-state index in [9.17, 15) is 9.90 Å². The second-order valence-corrected chi connectivity index (χ2v) is 6.10. The van der Waals surface area contributed by atoms with Crippen molar-refractivity contribution < 1.29 is 9.90 Å². The van der Waals surface area contributed by atoms with Gasteiger partial charge >= 0.3 is 6.03 Å². The molecule has 7 nitrogen and oxygen atoms in total. The Labute approximate surface area is 130 Å². The molecular formula is C15H23N5O2. The Balaban J connectivity index is 1.88. The molecule has 0 bridgehead atoms. The van der Waals surface area contributed by atoms with Gasteiger partial charge in [0.15, 0.2) is 5.82 Å². The van der Waals surface area contributed by atoms with E-state index in [1.54, 1.807) is 10.9 Å². The highest BCUT2D eigenvalue weighted by molar-refractivity contribution is 5.89. The van der Waals surface area contributed by atoms with Crippen LogP contribution in [0, 0.1) is 17.2 Å². The molecule has 120 valence electrons. The second-order valence-electron chi connectivity index (χ2n) is 6.10. The third kappa shape index (κ3) is 4.21. The lowest BCUT2D eigenvalue weighted by Crippen LogP contribution is -2.35. The lowest BCUT2D eigenvalue weighted by molar-refractivity contribution is 0.101. The van der Waals surface area contributed by atoms with Gasteiger partial charge in [-0.15, -0.1) is 0 Å². The van der Waals surface area contributed by atoms with Gasteiger partial charge in [-0.2, -0.15) is 10.4 Å². The first-order chi connectivity index (χ1) is 10.5. The number of amides is 2. The number of aliphatic hydroxyl groups excluding tert-OH is 1. The van der Waals surface area contributed by atoms with Crippen LogP contribution in [0.1, 0.15) is 51.1 Å². The molecule has 1 saturated carbocycles. The minimum atomic E-state index is -0.370. The fraction of sp³-hybridized carbons (Fsp3) is 0.667. The van der Waals surface area contributed by atoms with E-state index >= 15 is 0 Å². The molecule has 0 aliphatic heterocycles. The molecule has 3 N–H and O–H groups in total. The van der Waals surface area contributed by atoms with Crippen molar-refractivity contribution in [2.24, 2.45) is 5.92 Å². The zero-order valence-corrected chi connectivity index (χ0v) is 13.0. The van der Waals surface area contributed by atoms with Crippen LogP contribution in [-0.4, -0.2) is 33.6 Å². The van der Waals surface area contributed by atoms with Gasteiger partial charge in [0.25, 0.3) is 0 Å². The molecule has 1 aromatic rings. The SMILES string of the molecule is CC(C)n1cc(C#N)c(NC(=O)NCC2CCCC(O)C2)n1. The van der Waals surface area contributed by atoms with Gasteiger partial charge < -0.3 is 10.4 Å². The van der Waals surface area contributed by atoms with Gasteiger partial charge in [0.2, 0.25) is 0 Å². The van der Waals surface area contributed by atoms with Crippen molar-refractivity contribution in [1.29, 1.82) is 5.26 Å². The van der Waals surface area contributed by atoms with Crippen molar-refractivity contribution in [3.63, 3.8) is 0 Å². The molecule has 22 heavy (non-hydrogen) atoms. The van der Waals surface area contributed by atoms with Gasteiger partial charge in [0, 0.05) is 18.8 Å². The van der Waals surface area contributed by atoms with Crippen LogP contribution in [0.3, 0.4) is 0 Å². The van der Waals surface area contributed by atoms with E-state index in [1.807, 2.05) is 19.9 Å². The summed E-state index contributed by atoms with van der Waals surface area (Å²) >= 11 is 0. The van der Waals surface area contributed by atoms with Crippen LogP contribution < -0.4 is 10.6 Å². The van der Waals surface area contributed by atoms with E-state index in [4.69, 9.17) is 5.26 Å². The molecular weight excluding hydrogens is 282 g/mol. The van der Waals surface area contributed by atoms with Crippen LogP contribution in [0.5, 0.6) is 0 Å². The van der Waals surface area contributed by atoms with E-state index in [1.165, 1.54) is 0 Å². The standard InChI is InChI=1S/C15H23N5O2/c1-10(2)20-9-12(7-16)14(19-20)18-15(22)17-8-11-4-3-5-13(21)6-11/h9-11,13,21H,3-6,8H2,1-2H3,(H2,17,18,19,22). The fourth-order valence-electron chi connectivity index (χ4n) is 2.67. The number of carbonyl (C=O) groups is 1. The van der Waals surface area contributed by atoms with Crippen molar-refractivity contribution in [2.75, 3.05) is 11.9 Å². The number of rotatable bonds is 4. The van der Waals surface area contributed by atoms with E-state index in [-0.39, 0.29) is 24.0 Å². The lowest BCUT2D eigenvalue weighted by atomic mass is 9.87. The third-order valence-electron chi connectivity index (χ3n) is 3.92. The average molecular weight is 305 g/mol. The normalized spacial score (nSPS) is 21.4. The Kier molecular flexibility index (Phi) is 5.39. The molecule has 0 aromatic carbocycles. The highest BCUT2D eigenvalue weighted by atomic mass is 16.3. The minimum Gasteiger partial charge on any atom is -0.393 e. The molecule has 2 amide bonds. The minimum absolute atomic E-state index is 0.120. The number of hydrogen-bond acceptors (Lipinski definition) is 4. The number of nitrogens with zero attached hydrogens (tertiary/aromatic N) is 3. The quantitative estimate of drug-likeness (QED) is 0.791. The molecule has 7 heteroatoms. The maximum atomic E-state index is 11.9. The predicted molar refractivity (Wildman–Crippen MR) is 82.3 cm³/mol. The molecule has 0 radical (unpaired) electrons. The van der Waals surface area contributed by atoms with Gasteiger partial charge in [0.05, 0.1) is 6.10 Å². The van der Waals surface area contributed by atoms with Gasteiger partial charge in [-0.25, -0.2) is 4.79 Å². The van der Waals surface area contributed by atoms with Crippen LogP contribution in [0.25, 0.3) is 0 Å². The summed E-state index contributed by atoms with van der Waals surface area (Å²) in [4.78, 5) is 11.9. The summed E-state index contributed by atoms with van der Waals surface area (Å²) in [5.74, 6) is 0.579. The summed E-state index contributed by atoms with van der Waals surface area (Å²) in [5, 5.41) is 28.3. The van der Waals surface area contributed by atoms with Crippen LogP contribution in [0.4, 0.5) is 10.6 Å². The Hall–Kier alpha value is -2.07. The van der Waals surface area contributed by atoms with Crippen LogP contribution >= 0.6 is 0 Å². The number of aliphatic hydroxyl groups is 1. The topological polar surface area (TPSA) is 103 Å². The molecule has 1 fully saturated rings. The summed E-state index contributed by atoms with van der Waals surface area (Å²) in [6.07, 6.45) is 4.95. The van der Waals surface area contributed by atoms with Gasteiger partial charge in [0.1, 0.15) is 11.6 Å². The highest BCUT2D eigenvalue weighted by Crippen LogP contribution is 2.23. The Morgan fingerprint density at radius 2 is 2.36 bits per heavy atom. The van der Waals surface area contributed by atoms with Crippen molar-refractivity contribution in [1.82, 2.24) is 15.1 Å². The Bertz CT molecular complexity index is 561. The smallest absolute Gasteiger partial charge is 0.320 e. The number of urea groups is 1. The monoisotopic (exact) mass is 305 g/mol. The average Bonchev–Trinajstić information content (AvgIpc) is 2.88. The van der Waals surface area contributed by atoms with Crippen molar-refractivity contribution in [2.45, 2.75) is 51.7 Å². The summed E-state index contributed by atoms with van der Waals surface area (Å²) in [5.41, 5.74) is 0.344. The molecule has 1 aliphatic rings. The van der Waals surface area contributed by atoms with Crippen LogP contribution in [-0.2, 0) is 0 Å². The zero-order chi connectivity index (χ0) is 16.1. The molecule has 1 heterocycles. The Morgan fingerprint density at radius 3 is 3.00 bits per heavy atom. The van der Waals surface area contributed by atoms with E-state index in [0.717, 1.165) is 25.7 Å². The largest absolute Gasteiger partial charge is 0.393 e. The number of anilines is 1. The molecule has 2 atom stereocenters. The number of carbonyl (C=O) groups excluding carboxylic acids is 1. The maximum Gasteiger partial charge on any atom is 0.320 e. The number of hydrogen-bond donors (Lipinski definition) is 3. The first kappa shape index (κ1) is 16.3. The Morgan fingerprint density at radius 1 is 1.59 bits per heavy atom. The summed E-state index contributed by atoms with van der Waals surface area (Å²) < 4.78 is 1.64. The second kappa shape index (κ2) is 7.27. The van der Waals surface area contributed by atoms with Gasteiger partial charge in [-0.1, -0.05) is 6.42 Å². The predicted octanol–water partition coefficient (Wildman–Crippen LogP) is 2.01. The third-order valence-corrected chi connectivity index (χ3v) is 3.92. The molecule has 2 unspecified atom stereocenters. The summed E-state index contributed by atoms with van der Waals surface area (Å²) in [6.45, 7) is 4.43. The molecule has 1 aliphatic carbocycles. The lowest BCUT2D eigenvalue weighted by Gasteiger charge is -2.25. The first-order valence-corrected chi connectivity index (χ1v) is 7.71. The van der Waals surface area contributed by atoms with Crippen LogP contribution in [0.2, 0.25) is 0 Å². The van der Waals surface area contributed by atoms with Crippen molar-refractivity contribution in [3.05, 3.63) is 11.8 Å². The van der Waals surface area contributed by atoms with Crippen molar-refractivity contribution >= 4 is 11.8 Å². The molecule has 0 spiro atoms. The molecule has 1 aromatic heterocycles.